The number of rotatable bonds is 0. The molecule has 1 unspecified atom stereocenters. The number of hydrogen-bond acceptors (Lipinski definition) is 2. The maximum atomic E-state index is 9.63. The fourth-order valence-corrected chi connectivity index (χ4v) is 2.21. The summed E-state index contributed by atoms with van der Waals surface area (Å²) in [6, 6.07) is 1.62. The third-order valence-electron chi connectivity index (χ3n) is 2.29. The maximum Gasteiger partial charge on any atom is 0.130 e. The standard InChI is InChI=1S/C9H9Cl2NO/c10-6-4-8(11)12-9-5(6)2-1-3-7(9)13/h4,7,13H,1-3H2. The van der Waals surface area contributed by atoms with Crippen LogP contribution in [0, 0.1) is 0 Å². The Morgan fingerprint density at radius 3 is 3.00 bits per heavy atom. The Bertz CT molecular complexity index is 341. The molecule has 1 heterocycles. The number of fused-ring (bicyclic) bond motifs is 1. The van der Waals surface area contributed by atoms with Crippen LogP contribution >= 0.6 is 23.2 Å². The van der Waals surface area contributed by atoms with E-state index in [4.69, 9.17) is 23.2 Å². The lowest BCUT2D eigenvalue weighted by molar-refractivity contribution is 0.151. The van der Waals surface area contributed by atoms with Crippen molar-refractivity contribution in [2.45, 2.75) is 25.4 Å². The number of aliphatic hydroxyl groups is 1. The van der Waals surface area contributed by atoms with Crippen LogP contribution in [0.3, 0.4) is 0 Å². The lowest BCUT2D eigenvalue weighted by Crippen LogP contribution is -2.12. The molecule has 0 aromatic carbocycles. The van der Waals surface area contributed by atoms with Crippen molar-refractivity contribution in [1.29, 1.82) is 0 Å². The molecule has 0 bridgehead atoms. The average molecular weight is 218 g/mol. The summed E-state index contributed by atoms with van der Waals surface area (Å²) in [6.45, 7) is 0. The van der Waals surface area contributed by atoms with Crippen LogP contribution in [0.15, 0.2) is 6.07 Å². The first-order chi connectivity index (χ1) is 6.18. The van der Waals surface area contributed by atoms with Crippen molar-refractivity contribution in [3.05, 3.63) is 27.5 Å². The number of halogens is 2. The van der Waals surface area contributed by atoms with Crippen molar-refractivity contribution < 1.29 is 5.11 Å². The summed E-state index contributed by atoms with van der Waals surface area (Å²) in [7, 11) is 0. The molecule has 0 saturated carbocycles. The number of aromatic nitrogens is 1. The highest BCUT2D eigenvalue weighted by atomic mass is 35.5. The first-order valence-electron chi connectivity index (χ1n) is 4.21. The summed E-state index contributed by atoms with van der Waals surface area (Å²) in [4.78, 5) is 4.09. The van der Waals surface area contributed by atoms with Crippen molar-refractivity contribution in [1.82, 2.24) is 4.98 Å². The van der Waals surface area contributed by atoms with Gasteiger partial charge in [0.05, 0.1) is 11.8 Å². The van der Waals surface area contributed by atoms with Gasteiger partial charge < -0.3 is 5.11 Å². The number of pyridine rings is 1. The van der Waals surface area contributed by atoms with Gasteiger partial charge in [-0.05, 0) is 30.9 Å². The van der Waals surface area contributed by atoms with Crippen molar-refractivity contribution in [2.24, 2.45) is 0 Å². The fourth-order valence-electron chi connectivity index (χ4n) is 1.66. The van der Waals surface area contributed by atoms with Crippen molar-refractivity contribution in [2.75, 3.05) is 0 Å². The van der Waals surface area contributed by atoms with Crippen molar-refractivity contribution in [3.8, 4) is 0 Å². The molecule has 2 nitrogen and oxygen atoms in total. The highest BCUT2D eigenvalue weighted by Gasteiger charge is 2.22. The van der Waals surface area contributed by atoms with E-state index in [0.29, 0.717) is 15.9 Å². The van der Waals surface area contributed by atoms with Gasteiger partial charge in [-0.1, -0.05) is 23.2 Å². The van der Waals surface area contributed by atoms with E-state index in [1.807, 2.05) is 0 Å². The Labute approximate surface area is 86.5 Å². The predicted octanol–water partition coefficient (Wildman–Crippen LogP) is 2.76. The van der Waals surface area contributed by atoms with E-state index in [0.717, 1.165) is 24.8 Å². The highest BCUT2D eigenvalue weighted by Crippen LogP contribution is 2.33. The molecule has 2 rings (SSSR count). The van der Waals surface area contributed by atoms with Crippen molar-refractivity contribution >= 4 is 23.2 Å². The van der Waals surface area contributed by atoms with Gasteiger partial charge in [0.15, 0.2) is 0 Å². The molecular formula is C9H9Cl2NO. The minimum atomic E-state index is -0.500. The van der Waals surface area contributed by atoms with Crippen LogP contribution in [0.25, 0.3) is 0 Å². The second-order valence-corrected chi connectivity index (χ2v) is 3.99. The number of aliphatic hydroxyl groups excluding tert-OH is 1. The lowest BCUT2D eigenvalue weighted by Gasteiger charge is -2.20. The van der Waals surface area contributed by atoms with Gasteiger partial charge in [-0.3, -0.25) is 0 Å². The van der Waals surface area contributed by atoms with Gasteiger partial charge in [0.25, 0.3) is 0 Å². The Morgan fingerprint density at radius 1 is 1.46 bits per heavy atom. The molecule has 1 atom stereocenters. The smallest absolute Gasteiger partial charge is 0.130 e. The molecular weight excluding hydrogens is 209 g/mol. The second-order valence-electron chi connectivity index (χ2n) is 3.20. The SMILES string of the molecule is OC1CCCc2c(Cl)cc(Cl)nc21. The maximum absolute atomic E-state index is 9.63. The van der Waals surface area contributed by atoms with Crippen LogP contribution in [0.4, 0.5) is 0 Å². The normalized spacial score (nSPS) is 21.3. The average Bonchev–Trinajstić information content (AvgIpc) is 2.07. The minimum Gasteiger partial charge on any atom is -0.387 e. The van der Waals surface area contributed by atoms with Gasteiger partial charge in [-0.15, -0.1) is 0 Å². The number of hydrogen-bond donors (Lipinski definition) is 1. The second kappa shape index (κ2) is 3.45. The molecule has 0 saturated heterocycles. The Hall–Kier alpha value is -0.310. The lowest BCUT2D eigenvalue weighted by atomic mass is 9.94. The quantitative estimate of drug-likeness (QED) is 0.679. The van der Waals surface area contributed by atoms with Gasteiger partial charge in [-0.25, -0.2) is 4.98 Å². The minimum absolute atomic E-state index is 0.352. The molecule has 1 aliphatic carbocycles. The first kappa shape index (κ1) is 9.25. The summed E-state index contributed by atoms with van der Waals surface area (Å²) < 4.78 is 0. The van der Waals surface area contributed by atoms with E-state index in [-0.39, 0.29) is 0 Å². The van der Waals surface area contributed by atoms with Crippen LogP contribution in [0.2, 0.25) is 10.2 Å². The third kappa shape index (κ3) is 1.66. The molecule has 0 aliphatic heterocycles. The largest absolute Gasteiger partial charge is 0.387 e. The zero-order valence-corrected chi connectivity index (χ0v) is 8.44. The van der Waals surface area contributed by atoms with E-state index >= 15 is 0 Å². The Morgan fingerprint density at radius 2 is 2.23 bits per heavy atom. The Balaban J connectivity index is 2.56. The van der Waals surface area contributed by atoms with Crippen LogP contribution < -0.4 is 0 Å². The van der Waals surface area contributed by atoms with Gasteiger partial charge in [0.1, 0.15) is 5.15 Å². The molecule has 1 N–H and O–H groups in total. The first-order valence-corrected chi connectivity index (χ1v) is 4.97. The van der Waals surface area contributed by atoms with Gasteiger partial charge in [0.2, 0.25) is 0 Å². The summed E-state index contributed by atoms with van der Waals surface area (Å²) in [6.07, 6.45) is 2.09. The van der Waals surface area contributed by atoms with E-state index in [1.54, 1.807) is 6.07 Å². The predicted molar refractivity (Wildman–Crippen MR) is 52.2 cm³/mol. The van der Waals surface area contributed by atoms with Crippen molar-refractivity contribution in [3.63, 3.8) is 0 Å². The van der Waals surface area contributed by atoms with E-state index in [9.17, 15) is 5.11 Å². The molecule has 0 radical (unpaired) electrons. The van der Waals surface area contributed by atoms with E-state index in [1.165, 1.54) is 0 Å². The van der Waals surface area contributed by atoms with Crippen LogP contribution in [0.5, 0.6) is 0 Å². The van der Waals surface area contributed by atoms with Gasteiger partial charge in [-0.2, -0.15) is 0 Å². The van der Waals surface area contributed by atoms with Crippen LogP contribution in [0.1, 0.15) is 30.2 Å². The van der Waals surface area contributed by atoms with Crippen LogP contribution in [-0.4, -0.2) is 10.1 Å². The number of nitrogens with zero attached hydrogens (tertiary/aromatic N) is 1. The molecule has 0 spiro atoms. The zero-order chi connectivity index (χ0) is 9.42. The zero-order valence-electron chi connectivity index (χ0n) is 6.93. The Kier molecular flexibility index (Phi) is 2.45. The molecule has 0 fully saturated rings. The van der Waals surface area contributed by atoms with E-state index in [2.05, 4.69) is 4.98 Å². The third-order valence-corrected chi connectivity index (χ3v) is 2.82. The molecule has 70 valence electrons. The van der Waals surface area contributed by atoms with Gasteiger partial charge in [0, 0.05) is 5.02 Å². The topological polar surface area (TPSA) is 33.1 Å². The molecule has 0 amide bonds. The summed E-state index contributed by atoms with van der Waals surface area (Å²) >= 11 is 11.7. The monoisotopic (exact) mass is 217 g/mol. The summed E-state index contributed by atoms with van der Waals surface area (Å²) in [5, 5.41) is 10.6. The molecule has 4 heteroatoms. The van der Waals surface area contributed by atoms with Crippen LogP contribution in [-0.2, 0) is 6.42 Å². The fraction of sp³-hybridized carbons (Fsp3) is 0.444. The summed E-state index contributed by atoms with van der Waals surface area (Å²) in [5.41, 5.74) is 1.61. The molecule has 1 aromatic rings. The van der Waals surface area contributed by atoms with E-state index < -0.39 is 6.10 Å². The highest BCUT2D eigenvalue weighted by molar-refractivity contribution is 6.34. The molecule has 13 heavy (non-hydrogen) atoms. The molecule has 1 aromatic heterocycles. The molecule has 1 aliphatic rings. The summed E-state index contributed by atoms with van der Waals surface area (Å²) in [5.74, 6) is 0. The van der Waals surface area contributed by atoms with Gasteiger partial charge >= 0.3 is 0 Å².